The SMILES string of the molecule is CNCC(C)COc1ccc(Br)c(F)c1. The molecule has 4 heteroatoms. The molecule has 1 N–H and O–H groups in total. The van der Waals surface area contributed by atoms with Crippen LogP contribution in [0.3, 0.4) is 0 Å². The van der Waals surface area contributed by atoms with Gasteiger partial charge in [0.15, 0.2) is 0 Å². The predicted octanol–water partition coefficient (Wildman–Crippen LogP) is 2.82. The summed E-state index contributed by atoms with van der Waals surface area (Å²) < 4.78 is 19.0. The van der Waals surface area contributed by atoms with E-state index < -0.39 is 0 Å². The first kappa shape index (κ1) is 12.5. The monoisotopic (exact) mass is 275 g/mol. The molecule has 0 saturated heterocycles. The van der Waals surface area contributed by atoms with Crippen LogP contribution in [0.4, 0.5) is 4.39 Å². The largest absolute Gasteiger partial charge is 0.493 e. The summed E-state index contributed by atoms with van der Waals surface area (Å²) in [5.74, 6) is 0.675. The van der Waals surface area contributed by atoms with Crippen LogP contribution >= 0.6 is 15.9 Å². The number of hydrogen-bond acceptors (Lipinski definition) is 2. The summed E-state index contributed by atoms with van der Waals surface area (Å²) >= 11 is 3.09. The lowest BCUT2D eigenvalue weighted by Gasteiger charge is -2.12. The van der Waals surface area contributed by atoms with Crippen molar-refractivity contribution in [1.29, 1.82) is 0 Å². The zero-order valence-electron chi connectivity index (χ0n) is 8.89. The van der Waals surface area contributed by atoms with Crippen molar-refractivity contribution < 1.29 is 9.13 Å². The Morgan fingerprint density at radius 1 is 1.53 bits per heavy atom. The smallest absolute Gasteiger partial charge is 0.141 e. The highest BCUT2D eigenvalue weighted by atomic mass is 79.9. The summed E-state index contributed by atoms with van der Waals surface area (Å²) in [6, 6.07) is 4.78. The predicted molar refractivity (Wildman–Crippen MR) is 62.7 cm³/mol. The molecule has 1 aromatic rings. The van der Waals surface area contributed by atoms with Gasteiger partial charge < -0.3 is 10.1 Å². The van der Waals surface area contributed by atoms with Crippen LogP contribution in [0.2, 0.25) is 0 Å². The van der Waals surface area contributed by atoms with E-state index in [1.54, 1.807) is 12.1 Å². The van der Waals surface area contributed by atoms with E-state index >= 15 is 0 Å². The van der Waals surface area contributed by atoms with Crippen LogP contribution in [-0.4, -0.2) is 20.2 Å². The number of benzene rings is 1. The van der Waals surface area contributed by atoms with Gasteiger partial charge in [0.2, 0.25) is 0 Å². The van der Waals surface area contributed by atoms with Crippen molar-refractivity contribution in [3.05, 3.63) is 28.5 Å². The molecule has 0 bridgehead atoms. The summed E-state index contributed by atoms with van der Waals surface area (Å²) in [7, 11) is 1.90. The quantitative estimate of drug-likeness (QED) is 0.893. The van der Waals surface area contributed by atoms with Crippen molar-refractivity contribution in [3.63, 3.8) is 0 Å². The molecule has 84 valence electrons. The van der Waals surface area contributed by atoms with Crippen LogP contribution in [0.1, 0.15) is 6.92 Å². The van der Waals surface area contributed by atoms with Gasteiger partial charge in [-0.25, -0.2) is 4.39 Å². The van der Waals surface area contributed by atoms with Crippen molar-refractivity contribution >= 4 is 15.9 Å². The minimum Gasteiger partial charge on any atom is -0.493 e. The highest BCUT2D eigenvalue weighted by molar-refractivity contribution is 9.10. The Labute approximate surface area is 98.0 Å². The van der Waals surface area contributed by atoms with Gasteiger partial charge in [0, 0.05) is 18.5 Å². The van der Waals surface area contributed by atoms with Gasteiger partial charge in [-0.2, -0.15) is 0 Å². The summed E-state index contributed by atoms with van der Waals surface area (Å²) in [5, 5.41) is 3.06. The van der Waals surface area contributed by atoms with E-state index in [0.29, 0.717) is 22.7 Å². The highest BCUT2D eigenvalue weighted by Gasteiger charge is 2.04. The number of hydrogen-bond donors (Lipinski definition) is 1. The van der Waals surface area contributed by atoms with Crippen molar-refractivity contribution in [2.24, 2.45) is 5.92 Å². The second-order valence-corrected chi connectivity index (χ2v) is 4.40. The Hall–Kier alpha value is -0.610. The molecule has 0 amide bonds. The van der Waals surface area contributed by atoms with E-state index in [0.717, 1.165) is 6.54 Å². The third-order valence-corrected chi connectivity index (χ3v) is 2.62. The van der Waals surface area contributed by atoms with E-state index in [9.17, 15) is 4.39 Å². The van der Waals surface area contributed by atoms with Crippen LogP contribution in [0.15, 0.2) is 22.7 Å². The lowest BCUT2D eigenvalue weighted by atomic mass is 10.2. The van der Waals surface area contributed by atoms with Crippen molar-refractivity contribution in [2.75, 3.05) is 20.2 Å². The van der Waals surface area contributed by atoms with Gasteiger partial charge in [-0.15, -0.1) is 0 Å². The fraction of sp³-hybridized carbons (Fsp3) is 0.455. The van der Waals surface area contributed by atoms with Crippen LogP contribution in [0, 0.1) is 11.7 Å². The molecule has 2 nitrogen and oxygen atoms in total. The van der Waals surface area contributed by atoms with Crippen LogP contribution in [0.5, 0.6) is 5.75 Å². The van der Waals surface area contributed by atoms with Gasteiger partial charge in [0.25, 0.3) is 0 Å². The van der Waals surface area contributed by atoms with Crippen molar-refractivity contribution in [2.45, 2.75) is 6.92 Å². The average Bonchev–Trinajstić information content (AvgIpc) is 2.20. The first-order valence-electron chi connectivity index (χ1n) is 4.86. The summed E-state index contributed by atoms with van der Waals surface area (Å²) in [5.41, 5.74) is 0. The molecule has 0 aliphatic rings. The van der Waals surface area contributed by atoms with E-state index in [2.05, 4.69) is 28.2 Å². The number of nitrogens with one attached hydrogen (secondary N) is 1. The normalized spacial score (nSPS) is 12.5. The lowest BCUT2D eigenvalue weighted by molar-refractivity contribution is 0.257. The highest BCUT2D eigenvalue weighted by Crippen LogP contribution is 2.21. The van der Waals surface area contributed by atoms with E-state index in [1.165, 1.54) is 6.07 Å². The Kier molecular flexibility index (Phi) is 5.05. The Morgan fingerprint density at radius 2 is 2.27 bits per heavy atom. The molecule has 1 aromatic carbocycles. The van der Waals surface area contributed by atoms with E-state index in [-0.39, 0.29) is 5.82 Å². The fourth-order valence-corrected chi connectivity index (χ4v) is 1.46. The molecule has 0 heterocycles. The molecular weight excluding hydrogens is 261 g/mol. The summed E-state index contributed by atoms with van der Waals surface area (Å²) in [6.07, 6.45) is 0. The number of rotatable bonds is 5. The maximum absolute atomic E-state index is 13.1. The van der Waals surface area contributed by atoms with Gasteiger partial charge in [0.05, 0.1) is 11.1 Å². The van der Waals surface area contributed by atoms with Gasteiger partial charge >= 0.3 is 0 Å². The second-order valence-electron chi connectivity index (χ2n) is 3.55. The lowest BCUT2D eigenvalue weighted by Crippen LogP contribution is -2.21. The molecule has 0 spiro atoms. The maximum Gasteiger partial charge on any atom is 0.141 e. The second kappa shape index (κ2) is 6.08. The maximum atomic E-state index is 13.1. The minimum absolute atomic E-state index is 0.297. The molecule has 1 unspecified atom stereocenters. The van der Waals surface area contributed by atoms with Crippen molar-refractivity contribution in [1.82, 2.24) is 5.32 Å². The first-order valence-corrected chi connectivity index (χ1v) is 5.65. The molecule has 15 heavy (non-hydrogen) atoms. The molecule has 0 fully saturated rings. The number of halogens is 2. The molecule has 1 atom stereocenters. The van der Waals surface area contributed by atoms with E-state index in [4.69, 9.17) is 4.74 Å². The van der Waals surface area contributed by atoms with Crippen LogP contribution < -0.4 is 10.1 Å². The Bertz CT molecular complexity index is 319. The molecule has 0 aliphatic carbocycles. The standard InChI is InChI=1S/C11H15BrFNO/c1-8(6-14-2)7-15-9-3-4-10(12)11(13)5-9/h3-5,8,14H,6-7H2,1-2H3. The molecular formula is C11H15BrFNO. The minimum atomic E-state index is -0.297. The van der Waals surface area contributed by atoms with Gasteiger partial charge in [0.1, 0.15) is 11.6 Å². The van der Waals surface area contributed by atoms with E-state index in [1.807, 2.05) is 7.05 Å². The Morgan fingerprint density at radius 3 is 2.87 bits per heavy atom. The summed E-state index contributed by atoms with van der Waals surface area (Å²) in [6.45, 7) is 3.55. The van der Waals surface area contributed by atoms with Gasteiger partial charge in [-0.1, -0.05) is 6.92 Å². The fourth-order valence-electron chi connectivity index (χ4n) is 1.21. The van der Waals surface area contributed by atoms with Gasteiger partial charge in [-0.05, 0) is 35.1 Å². The molecule has 1 rings (SSSR count). The first-order chi connectivity index (χ1) is 7.13. The van der Waals surface area contributed by atoms with Crippen molar-refractivity contribution in [3.8, 4) is 5.75 Å². The third-order valence-electron chi connectivity index (χ3n) is 1.98. The van der Waals surface area contributed by atoms with Crippen LogP contribution in [-0.2, 0) is 0 Å². The number of ether oxygens (including phenoxy) is 1. The summed E-state index contributed by atoms with van der Waals surface area (Å²) in [4.78, 5) is 0. The molecule has 0 saturated carbocycles. The topological polar surface area (TPSA) is 21.3 Å². The zero-order valence-corrected chi connectivity index (χ0v) is 10.5. The third kappa shape index (κ3) is 4.18. The molecule has 0 radical (unpaired) electrons. The van der Waals surface area contributed by atoms with Gasteiger partial charge in [-0.3, -0.25) is 0 Å². The molecule has 0 aromatic heterocycles. The Balaban J connectivity index is 2.47. The molecule has 0 aliphatic heterocycles. The van der Waals surface area contributed by atoms with Crippen LogP contribution in [0.25, 0.3) is 0 Å². The zero-order chi connectivity index (χ0) is 11.3. The average molecular weight is 276 g/mol.